The molecule has 1 heterocycles. The zero-order valence-electron chi connectivity index (χ0n) is 18.7. The molecule has 0 saturated heterocycles. The molecule has 1 amide bonds. The lowest BCUT2D eigenvalue weighted by Gasteiger charge is -2.62. The van der Waals surface area contributed by atoms with E-state index < -0.39 is 0 Å². The van der Waals surface area contributed by atoms with E-state index in [9.17, 15) is 4.79 Å². The third-order valence-corrected chi connectivity index (χ3v) is 9.61. The third kappa shape index (κ3) is 2.93. The summed E-state index contributed by atoms with van der Waals surface area (Å²) in [5.41, 5.74) is 3.46. The summed E-state index contributed by atoms with van der Waals surface area (Å²) in [4.78, 5) is 14.8. The van der Waals surface area contributed by atoms with Crippen LogP contribution in [0.15, 0.2) is 36.4 Å². The molecule has 1 aliphatic heterocycles. The largest absolute Gasteiger partial charge is 0.338 e. The lowest BCUT2D eigenvalue weighted by Crippen LogP contribution is -2.63. The first kappa shape index (κ1) is 19.4. The van der Waals surface area contributed by atoms with Gasteiger partial charge in [0.25, 0.3) is 0 Å². The van der Waals surface area contributed by atoms with Crippen molar-refractivity contribution in [3.05, 3.63) is 47.5 Å². The van der Waals surface area contributed by atoms with Gasteiger partial charge < -0.3 is 4.90 Å². The fourth-order valence-corrected chi connectivity index (χ4v) is 8.39. The maximum Gasteiger partial charge on any atom is 0.246 e. The molecule has 3 saturated carbocycles. The first-order chi connectivity index (χ1) is 13.8. The van der Waals surface area contributed by atoms with Crippen molar-refractivity contribution < 1.29 is 4.79 Å². The van der Waals surface area contributed by atoms with Crippen LogP contribution in [0.5, 0.6) is 0 Å². The standard InChI is InChI=1S/C27H37NO/c1-18-7-5-8-19(15-18)16-20-17-21-22-9-6-12-26(22,2)13-10-23(21)27(3)14-11-24(29)28(4)25(20)27/h5,7-8,11,14-15,20-23,25H,6,9-10,12-13,16-17H2,1-4H3/t20?,21-,22-,23+,25?,26-,27+/m0/s1. The van der Waals surface area contributed by atoms with Crippen LogP contribution in [-0.4, -0.2) is 23.9 Å². The number of benzene rings is 1. The Bertz CT molecular complexity index is 843. The van der Waals surface area contributed by atoms with Crippen molar-refractivity contribution in [3.8, 4) is 0 Å². The molecule has 7 atom stereocenters. The van der Waals surface area contributed by atoms with Gasteiger partial charge in [-0.25, -0.2) is 0 Å². The van der Waals surface area contributed by atoms with Crippen LogP contribution >= 0.6 is 0 Å². The highest BCUT2D eigenvalue weighted by Crippen LogP contribution is 2.65. The van der Waals surface area contributed by atoms with Crippen LogP contribution in [0.2, 0.25) is 0 Å². The van der Waals surface area contributed by atoms with E-state index in [1.807, 2.05) is 6.08 Å². The van der Waals surface area contributed by atoms with E-state index in [1.165, 1.54) is 49.7 Å². The molecule has 0 aromatic heterocycles. The third-order valence-electron chi connectivity index (χ3n) is 9.61. The van der Waals surface area contributed by atoms with Gasteiger partial charge in [0.15, 0.2) is 0 Å². The maximum absolute atomic E-state index is 12.7. The Kier molecular flexibility index (Phi) is 4.50. The molecule has 2 unspecified atom stereocenters. The van der Waals surface area contributed by atoms with Gasteiger partial charge >= 0.3 is 0 Å². The molecule has 29 heavy (non-hydrogen) atoms. The van der Waals surface area contributed by atoms with Gasteiger partial charge in [0.05, 0.1) is 0 Å². The van der Waals surface area contributed by atoms with Crippen LogP contribution in [0.1, 0.15) is 63.5 Å². The number of aryl methyl sites for hydroxylation is 1. The van der Waals surface area contributed by atoms with Crippen LogP contribution in [0.3, 0.4) is 0 Å². The number of likely N-dealkylation sites (N-methyl/N-ethyl adjacent to an activating group) is 1. The lowest BCUT2D eigenvalue weighted by molar-refractivity contribution is -0.144. The Morgan fingerprint density at radius 2 is 1.97 bits per heavy atom. The summed E-state index contributed by atoms with van der Waals surface area (Å²) in [6.07, 6.45) is 13.6. The SMILES string of the molecule is Cc1cccc(CC2C[C@@H]3[C@@H](CC[C@]4(C)CCC[C@@H]34)[C@@]3(C)C=CC(=O)N(C)C23)c1. The van der Waals surface area contributed by atoms with Crippen molar-refractivity contribution in [2.45, 2.75) is 71.8 Å². The van der Waals surface area contributed by atoms with E-state index in [4.69, 9.17) is 0 Å². The van der Waals surface area contributed by atoms with Crippen molar-refractivity contribution >= 4 is 5.91 Å². The monoisotopic (exact) mass is 391 g/mol. The van der Waals surface area contributed by atoms with E-state index >= 15 is 0 Å². The molecule has 0 bridgehead atoms. The molecule has 0 N–H and O–H groups in total. The first-order valence-electron chi connectivity index (χ1n) is 11.8. The number of carbonyl (C=O) groups is 1. The van der Waals surface area contributed by atoms with Crippen molar-refractivity contribution in [1.29, 1.82) is 0 Å². The summed E-state index contributed by atoms with van der Waals surface area (Å²) < 4.78 is 0. The number of amides is 1. The van der Waals surface area contributed by atoms with E-state index in [2.05, 4.69) is 63.1 Å². The summed E-state index contributed by atoms with van der Waals surface area (Å²) in [5.74, 6) is 3.17. The van der Waals surface area contributed by atoms with Crippen LogP contribution in [0.25, 0.3) is 0 Å². The summed E-state index contributed by atoms with van der Waals surface area (Å²) in [6.45, 7) is 7.25. The number of hydrogen-bond donors (Lipinski definition) is 0. The molecule has 3 fully saturated rings. The second-order valence-electron chi connectivity index (χ2n) is 11.2. The zero-order valence-corrected chi connectivity index (χ0v) is 18.7. The average Bonchev–Trinajstić information content (AvgIpc) is 3.07. The molecule has 0 radical (unpaired) electrons. The van der Waals surface area contributed by atoms with Crippen molar-refractivity contribution in [2.75, 3.05) is 7.05 Å². The molecule has 3 aliphatic carbocycles. The topological polar surface area (TPSA) is 20.3 Å². The van der Waals surface area contributed by atoms with Crippen molar-refractivity contribution in [3.63, 3.8) is 0 Å². The average molecular weight is 392 g/mol. The van der Waals surface area contributed by atoms with Gasteiger partial charge in [-0.05, 0) is 86.2 Å². The Morgan fingerprint density at radius 3 is 2.76 bits per heavy atom. The van der Waals surface area contributed by atoms with Crippen molar-refractivity contribution in [2.24, 2.45) is 34.5 Å². The zero-order chi connectivity index (χ0) is 20.4. The van der Waals surface area contributed by atoms with E-state index in [0.717, 1.165) is 24.2 Å². The predicted molar refractivity (Wildman–Crippen MR) is 118 cm³/mol. The smallest absolute Gasteiger partial charge is 0.246 e. The molecular weight excluding hydrogens is 354 g/mol. The van der Waals surface area contributed by atoms with Gasteiger partial charge in [0.2, 0.25) is 5.91 Å². The number of hydrogen-bond acceptors (Lipinski definition) is 1. The fraction of sp³-hybridized carbons (Fsp3) is 0.667. The maximum atomic E-state index is 12.7. The van der Waals surface area contributed by atoms with Crippen LogP contribution < -0.4 is 0 Å². The Labute approximate surface area is 176 Å². The summed E-state index contributed by atoms with van der Waals surface area (Å²) in [5, 5.41) is 0. The minimum atomic E-state index is 0.115. The van der Waals surface area contributed by atoms with E-state index in [0.29, 0.717) is 17.4 Å². The number of fused-ring (bicyclic) bond motifs is 5. The molecule has 4 aliphatic rings. The molecular formula is C27H37NO. The second-order valence-corrected chi connectivity index (χ2v) is 11.2. The quantitative estimate of drug-likeness (QED) is 0.624. The second kappa shape index (κ2) is 6.72. The summed E-state index contributed by atoms with van der Waals surface area (Å²) in [7, 11) is 2.06. The summed E-state index contributed by atoms with van der Waals surface area (Å²) >= 11 is 0. The van der Waals surface area contributed by atoms with Crippen LogP contribution in [0, 0.1) is 41.4 Å². The summed E-state index contributed by atoms with van der Waals surface area (Å²) in [6, 6.07) is 9.35. The van der Waals surface area contributed by atoms with Gasteiger partial charge in [-0.2, -0.15) is 0 Å². The highest BCUT2D eigenvalue weighted by molar-refractivity contribution is 5.89. The highest BCUT2D eigenvalue weighted by atomic mass is 16.2. The minimum Gasteiger partial charge on any atom is -0.338 e. The molecule has 0 spiro atoms. The van der Waals surface area contributed by atoms with E-state index in [-0.39, 0.29) is 11.3 Å². The molecule has 1 aromatic carbocycles. The van der Waals surface area contributed by atoms with Crippen molar-refractivity contribution in [1.82, 2.24) is 4.90 Å². The van der Waals surface area contributed by atoms with Crippen LogP contribution in [-0.2, 0) is 11.2 Å². The van der Waals surface area contributed by atoms with E-state index in [1.54, 1.807) is 0 Å². The molecule has 1 aromatic rings. The predicted octanol–water partition coefficient (Wildman–Crippen LogP) is 5.79. The number of carbonyl (C=O) groups excluding carboxylic acids is 1. The highest BCUT2D eigenvalue weighted by Gasteiger charge is 2.60. The normalized spacial score (nSPS) is 43.7. The van der Waals surface area contributed by atoms with Gasteiger partial charge in [0, 0.05) is 18.5 Å². The molecule has 156 valence electrons. The molecule has 2 nitrogen and oxygen atoms in total. The Hall–Kier alpha value is -1.57. The first-order valence-corrected chi connectivity index (χ1v) is 11.8. The fourth-order valence-electron chi connectivity index (χ4n) is 8.39. The molecule has 5 rings (SSSR count). The Morgan fingerprint density at radius 1 is 1.14 bits per heavy atom. The molecule has 2 heteroatoms. The Balaban J connectivity index is 1.55. The van der Waals surface area contributed by atoms with Gasteiger partial charge in [-0.15, -0.1) is 0 Å². The van der Waals surface area contributed by atoms with Gasteiger partial charge in [0.1, 0.15) is 0 Å². The number of nitrogens with zero attached hydrogens (tertiary/aromatic N) is 1. The van der Waals surface area contributed by atoms with Gasteiger partial charge in [-0.1, -0.05) is 56.2 Å². The van der Waals surface area contributed by atoms with Crippen LogP contribution in [0.4, 0.5) is 0 Å². The van der Waals surface area contributed by atoms with Gasteiger partial charge in [-0.3, -0.25) is 4.79 Å². The minimum absolute atomic E-state index is 0.115. The lowest BCUT2D eigenvalue weighted by atomic mass is 9.46. The number of rotatable bonds is 2.